The number of nitrogens with two attached hydrogens (primary N) is 1. The van der Waals surface area contributed by atoms with Crippen molar-refractivity contribution in [3.05, 3.63) is 22.5 Å². The Morgan fingerprint density at radius 2 is 1.83 bits per heavy atom. The largest absolute Gasteiger partial charge is 0.469 e. The maximum Gasteiger partial charge on any atom is 0.355 e. The van der Waals surface area contributed by atoms with Crippen molar-refractivity contribution in [2.24, 2.45) is 17.6 Å². The van der Waals surface area contributed by atoms with Gasteiger partial charge >= 0.3 is 11.9 Å². The number of carbonyl (C=O) groups is 3. The first kappa shape index (κ1) is 30.5. The number of thiocarbonyl (C=S) groups is 1. The molecular weight excluding hydrogens is 486 g/mol. The van der Waals surface area contributed by atoms with Gasteiger partial charge in [0.2, 0.25) is 5.91 Å². The van der Waals surface area contributed by atoms with Crippen molar-refractivity contribution in [2.45, 2.75) is 65.2 Å². The van der Waals surface area contributed by atoms with E-state index in [1.165, 1.54) is 18.9 Å². The number of H-pyrrole nitrogens is 1. The molecule has 0 aliphatic rings. The Bertz CT molecular complexity index is 1010. The van der Waals surface area contributed by atoms with Crippen LogP contribution in [-0.4, -0.2) is 64.1 Å². The van der Waals surface area contributed by atoms with Crippen LogP contribution in [0.5, 0.6) is 0 Å². The van der Waals surface area contributed by atoms with Crippen molar-refractivity contribution >= 4 is 46.1 Å². The van der Waals surface area contributed by atoms with Gasteiger partial charge in [0, 0.05) is 37.6 Å². The number of nitrogens with one attached hydrogen (secondary N) is 1. The highest BCUT2D eigenvalue weighted by Crippen LogP contribution is 2.28. The van der Waals surface area contributed by atoms with Crippen LogP contribution in [0.2, 0.25) is 0 Å². The summed E-state index contributed by atoms with van der Waals surface area (Å²) in [6.45, 7) is 10.9. The highest BCUT2D eigenvalue weighted by Gasteiger charge is 2.29. The van der Waals surface area contributed by atoms with Crippen molar-refractivity contribution in [1.82, 2.24) is 9.88 Å². The molecule has 1 heterocycles. The summed E-state index contributed by atoms with van der Waals surface area (Å²) in [6, 6.07) is 0. The highest BCUT2D eigenvalue weighted by molar-refractivity contribution is 8.23. The van der Waals surface area contributed by atoms with E-state index >= 15 is 0 Å². The molecule has 0 radical (unpaired) electrons. The first-order chi connectivity index (χ1) is 16.1. The van der Waals surface area contributed by atoms with Gasteiger partial charge in [-0.1, -0.05) is 43.7 Å². The van der Waals surface area contributed by atoms with E-state index < -0.39 is 23.4 Å². The maximum absolute atomic E-state index is 12.9. The summed E-state index contributed by atoms with van der Waals surface area (Å²) in [5.41, 5.74) is 7.05. The lowest BCUT2D eigenvalue weighted by Gasteiger charge is -2.24. The molecule has 0 spiro atoms. The van der Waals surface area contributed by atoms with Crippen LogP contribution in [-0.2, 0) is 25.5 Å². The summed E-state index contributed by atoms with van der Waals surface area (Å²) in [7, 11) is 5.03. The number of esters is 2. The van der Waals surface area contributed by atoms with Crippen molar-refractivity contribution < 1.29 is 23.9 Å². The van der Waals surface area contributed by atoms with Gasteiger partial charge in [0.25, 0.3) is 0 Å². The van der Waals surface area contributed by atoms with Crippen LogP contribution >= 0.6 is 24.0 Å². The molecule has 1 amide bonds. The van der Waals surface area contributed by atoms with Crippen LogP contribution in [0.4, 0.5) is 0 Å². The minimum absolute atomic E-state index is 0.106. The predicted molar refractivity (Wildman–Crippen MR) is 143 cm³/mol. The van der Waals surface area contributed by atoms with Crippen LogP contribution in [0.15, 0.2) is 0 Å². The SMILES string of the molecule is COC(=O)CCc1c(C(=O)OC(C)(C)C)[nH]c(C#CC([C@@H](C)SC(=S)N(C)C)[C@@H](C)C(N)=O)c1C. The van der Waals surface area contributed by atoms with E-state index in [1.807, 2.05) is 32.8 Å². The highest BCUT2D eigenvalue weighted by atomic mass is 32.2. The van der Waals surface area contributed by atoms with E-state index in [-0.39, 0.29) is 35.7 Å². The molecule has 0 aliphatic heterocycles. The molecule has 194 valence electrons. The Hall–Kier alpha value is -2.51. The number of hydrogen-bond donors (Lipinski definition) is 2. The van der Waals surface area contributed by atoms with Crippen molar-refractivity contribution in [2.75, 3.05) is 21.2 Å². The maximum atomic E-state index is 12.9. The lowest BCUT2D eigenvalue weighted by molar-refractivity contribution is -0.140. The average molecular weight is 524 g/mol. The van der Waals surface area contributed by atoms with Crippen LogP contribution in [0.3, 0.4) is 0 Å². The third kappa shape index (κ3) is 9.22. The summed E-state index contributed by atoms with van der Waals surface area (Å²) >= 11 is 6.85. The van der Waals surface area contributed by atoms with Crippen LogP contribution in [0.25, 0.3) is 0 Å². The molecule has 8 nitrogen and oxygen atoms in total. The molecule has 1 aromatic rings. The number of aromatic nitrogens is 1. The normalized spacial score (nSPS) is 13.6. The lowest BCUT2D eigenvalue weighted by Crippen LogP contribution is -2.33. The molecule has 10 heteroatoms. The Labute approximate surface area is 218 Å². The first-order valence-electron chi connectivity index (χ1n) is 11.3. The molecule has 0 saturated carbocycles. The molecule has 1 unspecified atom stereocenters. The fourth-order valence-corrected chi connectivity index (χ4v) is 4.66. The van der Waals surface area contributed by atoms with E-state index in [2.05, 4.69) is 16.8 Å². The topological polar surface area (TPSA) is 115 Å². The van der Waals surface area contributed by atoms with Gasteiger partial charge in [-0.15, -0.1) is 0 Å². The van der Waals surface area contributed by atoms with Crippen LogP contribution < -0.4 is 5.73 Å². The molecule has 1 rings (SSSR count). The second kappa shape index (κ2) is 13.0. The molecule has 3 N–H and O–H groups in total. The summed E-state index contributed by atoms with van der Waals surface area (Å²) in [5.74, 6) is 4.01. The van der Waals surface area contributed by atoms with Gasteiger partial charge in [-0.2, -0.15) is 0 Å². The van der Waals surface area contributed by atoms with E-state index in [9.17, 15) is 14.4 Å². The molecule has 0 fully saturated rings. The number of primary amides is 1. The second-order valence-electron chi connectivity index (χ2n) is 9.53. The fraction of sp³-hybridized carbons (Fsp3) is 0.600. The number of hydrogen-bond acceptors (Lipinski definition) is 7. The van der Waals surface area contributed by atoms with Gasteiger partial charge < -0.3 is 25.1 Å². The van der Waals surface area contributed by atoms with Crippen LogP contribution in [0, 0.1) is 30.6 Å². The van der Waals surface area contributed by atoms with Gasteiger partial charge in [-0.25, -0.2) is 4.79 Å². The van der Waals surface area contributed by atoms with Crippen molar-refractivity contribution in [3.63, 3.8) is 0 Å². The Morgan fingerprint density at radius 3 is 2.31 bits per heavy atom. The molecule has 0 saturated heterocycles. The molecule has 0 aromatic carbocycles. The minimum Gasteiger partial charge on any atom is -0.469 e. The number of methoxy groups -OCH3 is 1. The van der Waals surface area contributed by atoms with E-state index in [1.54, 1.807) is 27.7 Å². The third-order valence-corrected chi connectivity index (χ3v) is 7.18. The van der Waals surface area contributed by atoms with Gasteiger partial charge in [0.05, 0.1) is 12.8 Å². The number of nitrogens with zero attached hydrogens (tertiary/aromatic N) is 1. The number of ether oxygens (including phenoxy) is 2. The molecule has 0 aliphatic carbocycles. The zero-order valence-corrected chi connectivity index (χ0v) is 23.7. The van der Waals surface area contributed by atoms with Crippen molar-refractivity contribution in [3.8, 4) is 11.8 Å². The number of thioether (sulfide) groups is 1. The predicted octanol–water partition coefficient (Wildman–Crippen LogP) is 3.44. The van der Waals surface area contributed by atoms with Gasteiger partial charge in [0.15, 0.2) is 0 Å². The quantitative estimate of drug-likeness (QED) is 0.303. The number of rotatable bonds is 8. The number of carbonyl (C=O) groups excluding carboxylic acids is 3. The summed E-state index contributed by atoms with van der Waals surface area (Å²) < 4.78 is 11.0. The average Bonchev–Trinajstić information content (AvgIpc) is 3.06. The third-order valence-electron chi connectivity index (χ3n) is 5.30. The van der Waals surface area contributed by atoms with Gasteiger partial charge in [-0.3, -0.25) is 9.59 Å². The monoisotopic (exact) mass is 523 g/mol. The summed E-state index contributed by atoms with van der Waals surface area (Å²) in [6.07, 6.45) is 0.393. The number of aromatic amines is 1. The smallest absolute Gasteiger partial charge is 0.355 e. The van der Waals surface area contributed by atoms with Crippen molar-refractivity contribution in [1.29, 1.82) is 0 Å². The molecule has 0 bridgehead atoms. The summed E-state index contributed by atoms with van der Waals surface area (Å²) in [4.78, 5) is 41.5. The van der Waals surface area contributed by atoms with E-state index in [0.717, 1.165) is 5.56 Å². The number of amides is 1. The Kier molecular flexibility index (Phi) is 11.3. The second-order valence-corrected chi connectivity index (χ2v) is 11.5. The summed E-state index contributed by atoms with van der Waals surface area (Å²) in [5, 5.41) is -0.112. The Balaban J connectivity index is 3.46. The molecule has 1 aromatic heterocycles. The zero-order chi connectivity index (χ0) is 27.1. The lowest BCUT2D eigenvalue weighted by atomic mass is 9.91. The fourth-order valence-electron chi connectivity index (χ4n) is 3.22. The van der Waals surface area contributed by atoms with E-state index in [4.69, 9.17) is 27.4 Å². The molecule has 3 atom stereocenters. The van der Waals surface area contributed by atoms with Crippen LogP contribution in [0.1, 0.15) is 68.3 Å². The standard InChI is InChI=1S/C25H37N3O5S2/c1-14-18(11-13-20(29)32-9)21(23(31)33-25(4,5)6)27-19(14)12-10-17(15(2)22(26)30)16(3)35-24(34)28(7)8/h15-17,27H,11,13H2,1-9H3,(H2,26,30)/t15-,16-,17?/m1/s1. The van der Waals surface area contributed by atoms with Gasteiger partial charge in [0.1, 0.15) is 15.6 Å². The zero-order valence-electron chi connectivity index (χ0n) is 22.0. The molecular formula is C25H37N3O5S2. The van der Waals surface area contributed by atoms with Gasteiger partial charge in [-0.05, 0) is 51.2 Å². The first-order valence-corrected chi connectivity index (χ1v) is 12.6. The Morgan fingerprint density at radius 1 is 1.23 bits per heavy atom. The molecule has 35 heavy (non-hydrogen) atoms. The van der Waals surface area contributed by atoms with E-state index in [0.29, 0.717) is 15.6 Å². The minimum atomic E-state index is -0.693.